The van der Waals surface area contributed by atoms with Crippen LogP contribution in [0.5, 0.6) is 34.5 Å². The highest BCUT2D eigenvalue weighted by atomic mass is 16.5. The lowest BCUT2D eigenvalue weighted by atomic mass is 10.1. The number of para-hydroxylation sites is 3. The van der Waals surface area contributed by atoms with E-state index in [1.807, 2.05) is 103 Å². The molecule has 0 aliphatic rings. The van der Waals surface area contributed by atoms with Gasteiger partial charge in [-0.05, 0) is 54.1 Å². The van der Waals surface area contributed by atoms with Gasteiger partial charge in [-0.3, -0.25) is 0 Å². The molecule has 144 valence electrons. The average Bonchev–Trinajstić information content (AvgIpc) is 2.78. The van der Waals surface area contributed by atoms with E-state index in [4.69, 9.17) is 19.9 Å². The fourth-order valence-corrected chi connectivity index (χ4v) is 2.84. The van der Waals surface area contributed by atoms with Crippen LogP contribution in [0.3, 0.4) is 0 Å². The van der Waals surface area contributed by atoms with Crippen molar-refractivity contribution in [3.63, 3.8) is 0 Å². The fourth-order valence-electron chi connectivity index (χ4n) is 2.84. The Bertz CT molecular complexity index is 989. The Balaban J connectivity index is 1.79. The molecule has 2 N–H and O–H groups in total. The van der Waals surface area contributed by atoms with Crippen LogP contribution in [0.25, 0.3) is 0 Å². The summed E-state index contributed by atoms with van der Waals surface area (Å²) in [6.07, 6.45) is 0. The lowest BCUT2D eigenvalue weighted by Gasteiger charge is -2.18. The van der Waals surface area contributed by atoms with Crippen LogP contribution in [0.2, 0.25) is 0 Å². The highest BCUT2D eigenvalue weighted by Gasteiger charge is 2.18. The molecule has 0 radical (unpaired) electrons. The molecule has 0 unspecified atom stereocenters. The second kappa shape index (κ2) is 8.95. The Hall–Kier alpha value is -3.76. The van der Waals surface area contributed by atoms with Crippen molar-refractivity contribution in [2.24, 2.45) is 5.73 Å². The van der Waals surface area contributed by atoms with Gasteiger partial charge in [0.25, 0.3) is 0 Å². The number of hydrogen-bond acceptors (Lipinski definition) is 4. The highest BCUT2D eigenvalue weighted by molar-refractivity contribution is 5.57. The van der Waals surface area contributed by atoms with Gasteiger partial charge in [0.1, 0.15) is 17.2 Å². The van der Waals surface area contributed by atoms with E-state index in [-0.39, 0.29) is 0 Å². The third-order valence-electron chi connectivity index (χ3n) is 4.22. The summed E-state index contributed by atoms with van der Waals surface area (Å²) in [7, 11) is 0. The van der Waals surface area contributed by atoms with E-state index in [0.717, 1.165) is 5.56 Å². The quantitative estimate of drug-likeness (QED) is 0.394. The number of ether oxygens (including phenoxy) is 3. The first-order valence-corrected chi connectivity index (χ1v) is 9.37. The lowest BCUT2D eigenvalue weighted by molar-refractivity contribution is 0.385. The van der Waals surface area contributed by atoms with Crippen LogP contribution in [0.15, 0.2) is 103 Å². The van der Waals surface area contributed by atoms with Crippen molar-refractivity contribution in [2.75, 3.05) is 0 Å². The summed E-state index contributed by atoms with van der Waals surface area (Å²) >= 11 is 0. The maximum absolute atomic E-state index is 6.19. The molecule has 4 aromatic rings. The van der Waals surface area contributed by atoms with Crippen LogP contribution in [0.1, 0.15) is 5.56 Å². The summed E-state index contributed by atoms with van der Waals surface area (Å²) in [5.41, 5.74) is 6.80. The highest BCUT2D eigenvalue weighted by Crippen LogP contribution is 2.45. The van der Waals surface area contributed by atoms with Gasteiger partial charge in [-0.1, -0.05) is 54.6 Å². The van der Waals surface area contributed by atoms with E-state index < -0.39 is 0 Å². The Labute approximate surface area is 170 Å². The second-order valence-corrected chi connectivity index (χ2v) is 6.37. The topological polar surface area (TPSA) is 53.7 Å². The standard InChI is InChI=1S/C25H21NO3/c26-18-19-16-23(27-20-10-4-1-5-11-20)25(29-22-14-8-3-9-15-22)24(17-19)28-21-12-6-2-7-13-21/h1-17H,18,26H2. The zero-order chi connectivity index (χ0) is 19.9. The molecule has 0 heterocycles. The van der Waals surface area contributed by atoms with Crippen LogP contribution in [0, 0.1) is 0 Å². The van der Waals surface area contributed by atoms with Gasteiger partial charge in [0, 0.05) is 6.54 Å². The molecule has 4 nitrogen and oxygen atoms in total. The second-order valence-electron chi connectivity index (χ2n) is 6.37. The van der Waals surface area contributed by atoms with Crippen LogP contribution >= 0.6 is 0 Å². The Morgan fingerprint density at radius 1 is 0.517 bits per heavy atom. The SMILES string of the molecule is NCc1cc(Oc2ccccc2)c(Oc2ccccc2)c(Oc2ccccc2)c1. The van der Waals surface area contributed by atoms with Gasteiger partial charge in [-0.2, -0.15) is 0 Å². The summed E-state index contributed by atoms with van der Waals surface area (Å²) in [6.45, 7) is 0.349. The number of benzene rings is 4. The monoisotopic (exact) mass is 383 g/mol. The first-order valence-electron chi connectivity index (χ1n) is 9.37. The number of rotatable bonds is 7. The van der Waals surface area contributed by atoms with Gasteiger partial charge in [0.15, 0.2) is 11.5 Å². The van der Waals surface area contributed by atoms with Crippen LogP contribution in [-0.4, -0.2) is 0 Å². The molecule has 0 aliphatic carbocycles. The molecule has 0 fully saturated rings. The third kappa shape index (κ3) is 4.75. The van der Waals surface area contributed by atoms with E-state index in [2.05, 4.69) is 0 Å². The summed E-state index contributed by atoms with van der Waals surface area (Å²) in [5, 5.41) is 0. The van der Waals surface area contributed by atoms with Crippen molar-refractivity contribution >= 4 is 0 Å². The molecule has 0 aliphatic heterocycles. The van der Waals surface area contributed by atoms with Gasteiger partial charge in [-0.25, -0.2) is 0 Å². The summed E-state index contributed by atoms with van der Waals surface area (Å²) < 4.78 is 18.5. The van der Waals surface area contributed by atoms with Crippen molar-refractivity contribution in [2.45, 2.75) is 6.54 Å². The maximum Gasteiger partial charge on any atom is 0.212 e. The van der Waals surface area contributed by atoms with E-state index >= 15 is 0 Å². The minimum atomic E-state index is 0.349. The zero-order valence-corrected chi connectivity index (χ0v) is 15.8. The molecule has 4 aromatic carbocycles. The molecule has 4 rings (SSSR count). The van der Waals surface area contributed by atoms with Crippen molar-refractivity contribution in [3.8, 4) is 34.5 Å². The zero-order valence-electron chi connectivity index (χ0n) is 15.8. The predicted molar refractivity (Wildman–Crippen MR) is 114 cm³/mol. The molecule has 0 atom stereocenters. The van der Waals surface area contributed by atoms with Crippen LogP contribution in [-0.2, 0) is 6.54 Å². The maximum atomic E-state index is 6.19. The van der Waals surface area contributed by atoms with E-state index in [1.165, 1.54) is 0 Å². The average molecular weight is 383 g/mol. The van der Waals surface area contributed by atoms with Gasteiger partial charge >= 0.3 is 0 Å². The molecule has 29 heavy (non-hydrogen) atoms. The van der Waals surface area contributed by atoms with E-state index in [1.54, 1.807) is 0 Å². The molecular formula is C25H21NO3. The van der Waals surface area contributed by atoms with Crippen molar-refractivity contribution in [1.82, 2.24) is 0 Å². The van der Waals surface area contributed by atoms with Crippen molar-refractivity contribution in [1.29, 1.82) is 0 Å². The molecule has 0 saturated carbocycles. The van der Waals surface area contributed by atoms with Gasteiger partial charge in [0.2, 0.25) is 5.75 Å². The van der Waals surface area contributed by atoms with Crippen molar-refractivity contribution < 1.29 is 14.2 Å². The first-order chi connectivity index (χ1) is 14.3. The largest absolute Gasteiger partial charge is 0.453 e. The van der Waals surface area contributed by atoms with Gasteiger partial charge in [0.05, 0.1) is 0 Å². The Morgan fingerprint density at radius 3 is 1.28 bits per heavy atom. The van der Waals surface area contributed by atoms with Crippen molar-refractivity contribution in [3.05, 3.63) is 109 Å². The van der Waals surface area contributed by atoms with Crippen LogP contribution in [0.4, 0.5) is 0 Å². The third-order valence-corrected chi connectivity index (χ3v) is 4.22. The minimum Gasteiger partial charge on any atom is -0.453 e. The number of nitrogens with two attached hydrogens (primary N) is 1. The molecule has 0 spiro atoms. The molecule has 0 bridgehead atoms. The molecule has 0 amide bonds. The summed E-state index contributed by atoms with van der Waals surface area (Å²) in [6, 6.07) is 32.4. The molecule has 0 saturated heterocycles. The minimum absolute atomic E-state index is 0.349. The normalized spacial score (nSPS) is 10.4. The van der Waals surface area contributed by atoms with Crippen LogP contribution < -0.4 is 19.9 Å². The molecule has 4 heteroatoms. The van der Waals surface area contributed by atoms with Gasteiger partial charge < -0.3 is 19.9 Å². The predicted octanol–water partition coefficient (Wildman–Crippen LogP) is 6.52. The first kappa shape index (κ1) is 18.6. The number of hydrogen-bond donors (Lipinski definition) is 1. The molecular weight excluding hydrogens is 362 g/mol. The van der Waals surface area contributed by atoms with E-state index in [9.17, 15) is 0 Å². The smallest absolute Gasteiger partial charge is 0.212 e. The fraction of sp³-hybridized carbons (Fsp3) is 0.0400. The van der Waals surface area contributed by atoms with E-state index in [0.29, 0.717) is 41.0 Å². The lowest BCUT2D eigenvalue weighted by Crippen LogP contribution is -2.00. The van der Waals surface area contributed by atoms with Gasteiger partial charge in [-0.15, -0.1) is 0 Å². The Morgan fingerprint density at radius 2 is 0.897 bits per heavy atom. The summed E-state index contributed by atoms with van der Waals surface area (Å²) in [5.74, 6) is 3.64. The molecule has 0 aromatic heterocycles. The Kier molecular flexibility index (Phi) is 5.74. The summed E-state index contributed by atoms with van der Waals surface area (Å²) in [4.78, 5) is 0.